The Hall–Kier alpha value is -4.32. The Labute approximate surface area is 205 Å². The maximum absolute atomic E-state index is 12.6. The molecule has 35 heavy (non-hydrogen) atoms. The molecule has 0 saturated heterocycles. The summed E-state index contributed by atoms with van der Waals surface area (Å²) in [5.74, 6) is 2.12. The van der Waals surface area contributed by atoms with Crippen LogP contribution in [-0.4, -0.2) is 25.3 Å². The Kier molecular flexibility index (Phi) is 7.63. The van der Waals surface area contributed by atoms with Crippen molar-refractivity contribution in [3.63, 3.8) is 0 Å². The lowest BCUT2D eigenvalue weighted by Crippen LogP contribution is -2.19. The maximum Gasteiger partial charge on any atom is 0.271 e. The van der Waals surface area contributed by atoms with Crippen LogP contribution in [0.1, 0.15) is 35.3 Å². The summed E-state index contributed by atoms with van der Waals surface area (Å²) >= 11 is 0. The van der Waals surface area contributed by atoms with E-state index in [1.165, 1.54) is 0 Å². The van der Waals surface area contributed by atoms with E-state index in [1.807, 2.05) is 86.6 Å². The largest absolute Gasteiger partial charge is 0.497 e. The molecule has 0 radical (unpaired) electrons. The number of benzene rings is 4. The highest BCUT2D eigenvalue weighted by molar-refractivity contribution is 6.03. The molecule has 0 unspecified atom stereocenters. The molecular formula is C29H28N2O4. The summed E-state index contributed by atoms with van der Waals surface area (Å²) in [7, 11) is 1.65. The second kappa shape index (κ2) is 11.2. The van der Waals surface area contributed by atoms with Crippen LogP contribution in [0.15, 0.2) is 90.0 Å². The van der Waals surface area contributed by atoms with Crippen molar-refractivity contribution in [1.29, 1.82) is 0 Å². The number of hydrazone groups is 1. The topological polar surface area (TPSA) is 69.2 Å². The van der Waals surface area contributed by atoms with Crippen LogP contribution in [0.25, 0.3) is 10.8 Å². The number of rotatable bonds is 9. The van der Waals surface area contributed by atoms with Gasteiger partial charge in [0.15, 0.2) is 0 Å². The fourth-order valence-corrected chi connectivity index (χ4v) is 3.56. The molecule has 0 atom stereocenters. The van der Waals surface area contributed by atoms with Gasteiger partial charge in [0.25, 0.3) is 5.91 Å². The standard InChI is InChI=1S/C29H28N2O4/c1-4-34-26-13-15-27(16-14-26)35-19-21-5-7-22(8-6-21)29(32)31-30-20(2)23-9-10-25-18-28(33-3)12-11-24(25)17-23/h5-18H,4,19H2,1-3H3,(H,31,32). The van der Waals surface area contributed by atoms with Gasteiger partial charge in [0.2, 0.25) is 0 Å². The van der Waals surface area contributed by atoms with Gasteiger partial charge in [-0.2, -0.15) is 5.10 Å². The van der Waals surface area contributed by atoms with Crippen molar-refractivity contribution in [3.05, 3.63) is 102 Å². The Morgan fingerprint density at radius 1 is 0.771 bits per heavy atom. The zero-order valence-corrected chi connectivity index (χ0v) is 20.1. The first kappa shape index (κ1) is 23.8. The third-order valence-electron chi connectivity index (χ3n) is 5.55. The van der Waals surface area contributed by atoms with Gasteiger partial charge >= 0.3 is 0 Å². The van der Waals surface area contributed by atoms with Crippen LogP contribution >= 0.6 is 0 Å². The van der Waals surface area contributed by atoms with Crippen LogP contribution in [0.4, 0.5) is 0 Å². The van der Waals surface area contributed by atoms with Crippen molar-refractivity contribution in [2.75, 3.05) is 13.7 Å². The lowest BCUT2D eigenvalue weighted by Gasteiger charge is -2.09. The van der Waals surface area contributed by atoms with Crippen LogP contribution in [0.2, 0.25) is 0 Å². The van der Waals surface area contributed by atoms with Crippen molar-refractivity contribution in [2.24, 2.45) is 5.10 Å². The molecule has 0 aliphatic heterocycles. The molecule has 0 aliphatic rings. The number of nitrogens with one attached hydrogen (secondary N) is 1. The Bertz CT molecular complexity index is 1330. The van der Waals surface area contributed by atoms with Gasteiger partial charge in [-0.15, -0.1) is 0 Å². The predicted molar refractivity (Wildman–Crippen MR) is 139 cm³/mol. The Morgan fingerprint density at radius 3 is 2.06 bits per heavy atom. The molecule has 6 heteroatoms. The molecule has 0 heterocycles. The zero-order valence-electron chi connectivity index (χ0n) is 20.1. The molecule has 1 N–H and O–H groups in total. The molecule has 0 spiro atoms. The van der Waals surface area contributed by atoms with Gasteiger partial charge in [-0.1, -0.05) is 30.3 Å². The fraction of sp³-hybridized carbons (Fsp3) is 0.172. The number of methoxy groups -OCH3 is 1. The first-order chi connectivity index (χ1) is 17.1. The molecule has 0 fully saturated rings. The van der Waals surface area contributed by atoms with Gasteiger partial charge < -0.3 is 14.2 Å². The van der Waals surface area contributed by atoms with Gasteiger partial charge in [0.1, 0.15) is 23.9 Å². The van der Waals surface area contributed by atoms with Crippen LogP contribution in [-0.2, 0) is 6.61 Å². The molecular weight excluding hydrogens is 440 g/mol. The summed E-state index contributed by atoms with van der Waals surface area (Å²) in [5.41, 5.74) is 5.78. The molecule has 0 aliphatic carbocycles. The molecule has 4 aromatic carbocycles. The highest BCUT2D eigenvalue weighted by atomic mass is 16.5. The third-order valence-corrected chi connectivity index (χ3v) is 5.55. The number of fused-ring (bicyclic) bond motifs is 1. The second-order valence-corrected chi connectivity index (χ2v) is 7.96. The minimum absolute atomic E-state index is 0.270. The molecule has 4 rings (SSSR count). The summed E-state index contributed by atoms with van der Waals surface area (Å²) in [5, 5.41) is 6.44. The number of nitrogens with zero attached hydrogens (tertiary/aromatic N) is 1. The maximum atomic E-state index is 12.6. The van der Waals surface area contributed by atoms with E-state index in [2.05, 4.69) is 10.5 Å². The Balaban J connectivity index is 1.34. The van der Waals surface area contributed by atoms with Crippen molar-refractivity contribution in [1.82, 2.24) is 5.43 Å². The summed E-state index contributed by atoms with van der Waals surface area (Å²) in [6, 6.07) is 26.7. The number of amides is 1. The molecule has 0 bridgehead atoms. The van der Waals surface area contributed by atoms with Crippen molar-refractivity contribution < 1.29 is 19.0 Å². The van der Waals surface area contributed by atoms with Crippen LogP contribution < -0.4 is 19.6 Å². The van der Waals surface area contributed by atoms with E-state index in [0.29, 0.717) is 18.8 Å². The molecule has 0 saturated carbocycles. The number of hydrogen-bond acceptors (Lipinski definition) is 5. The smallest absolute Gasteiger partial charge is 0.271 e. The highest BCUT2D eigenvalue weighted by Crippen LogP contribution is 2.22. The summed E-state index contributed by atoms with van der Waals surface area (Å²) in [4.78, 5) is 12.6. The van der Waals surface area contributed by atoms with E-state index >= 15 is 0 Å². The lowest BCUT2D eigenvalue weighted by atomic mass is 10.0. The summed E-state index contributed by atoms with van der Waals surface area (Å²) < 4.78 is 16.5. The van der Waals surface area contributed by atoms with E-state index in [1.54, 1.807) is 19.2 Å². The van der Waals surface area contributed by atoms with Crippen LogP contribution in [0, 0.1) is 0 Å². The minimum atomic E-state index is -0.270. The molecule has 0 aromatic heterocycles. The van der Waals surface area contributed by atoms with Crippen molar-refractivity contribution >= 4 is 22.4 Å². The van der Waals surface area contributed by atoms with Gasteiger partial charge in [-0.3, -0.25) is 4.79 Å². The second-order valence-electron chi connectivity index (χ2n) is 7.96. The normalized spacial score (nSPS) is 11.2. The number of carbonyl (C=O) groups is 1. The number of carbonyl (C=O) groups excluding carboxylic acids is 1. The highest BCUT2D eigenvalue weighted by Gasteiger charge is 2.07. The van der Waals surface area contributed by atoms with Gasteiger partial charge in [0.05, 0.1) is 19.4 Å². The van der Waals surface area contributed by atoms with E-state index < -0.39 is 0 Å². The van der Waals surface area contributed by atoms with E-state index in [9.17, 15) is 4.79 Å². The zero-order chi connectivity index (χ0) is 24.6. The first-order valence-corrected chi connectivity index (χ1v) is 11.4. The van der Waals surface area contributed by atoms with Gasteiger partial charge in [0, 0.05) is 5.56 Å². The van der Waals surface area contributed by atoms with Gasteiger partial charge in [-0.25, -0.2) is 5.43 Å². The van der Waals surface area contributed by atoms with Crippen LogP contribution in [0.3, 0.4) is 0 Å². The Morgan fingerprint density at radius 2 is 1.37 bits per heavy atom. The fourth-order valence-electron chi connectivity index (χ4n) is 3.56. The van der Waals surface area contributed by atoms with Crippen molar-refractivity contribution in [2.45, 2.75) is 20.5 Å². The van der Waals surface area contributed by atoms with Gasteiger partial charge in [-0.05, 0) is 90.3 Å². The molecule has 4 aromatic rings. The molecule has 6 nitrogen and oxygen atoms in total. The van der Waals surface area contributed by atoms with E-state index in [0.717, 1.165) is 44.9 Å². The van der Waals surface area contributed by atoms with E-state index in [4.69, 9.17) is 14.2 Å². The molecule has 1 amide bonds. The van der Waals surface area contributed by atoms with Crippen LogP contribution in [0.5, 0.6) is 17.2 Å². The third kappa shape index (κ3) is 6.18. The number of ether oxygens (including phenoxy) is 3. The quantitative estimate of drug-likeness (QED) is 0.242. The van der Waals surface area contributed by atoms with E-state index in [-0.39, 0.29) is 5.91 Å². The first-order valence-electron chi connectivity index (χ1n) is 11.4. The number of hydrogen-bond donors (Lipinski definition) is 1. The summed E-state index contributed by atoms with van der Waals surface area (Å²) in [6.07, 6.45) is 0. The monoisotopic (exact) mass is 468 g/mol. The average molecular weight is 469 g/mol. The van der Waals surface area contributed by atoms with Crippen molar-refractivity contribution in [3.8, 4) is 17.2 Å². The SMILES string of the molecule is CCOc1ccc(OCc2ccc(C(=O)NN=C(C)c3ccc4cc(OC)ccc4c3)cc2)cc1. The average Bonchev–Trinajstić information content (AvgIpc) is 2.91. The summed E-state index contributed by atoms with van der Waals surface area (Å²) in [6.45, 7) is 4.85. The minimum Gasteiger partial charge on any atom is -0.497 e. The lowest BCUT2D eigenvalue weighted by molar-refractivity contribution is 0.0954. The molecule has 178 valence electrons. The predicted octanol–water partition coefficient (Wildman–Crippen LogP) is 5.98.